The van der Waals surface area contributed by atoms with Crippen LogP contribution in [0.25, 0.3) is 0 Å². The summed E-state index contributed by atoms with van der Waals surface area (Å²) in [6, 6.07) is 0. The smallest absolute Gasteiger partial charge is 0.194 e. The van der Waals surface area contributed by atoms with Crippen LogP contribution in [0.15, 0.2) is 10.6 Å². The van der Waals surface area contributed by atoms with Gasteiger partial charge in [-0.2, -0.15) is 0 Å². The van der Waals surface area contributed by atoms with Gasteiger partial charge in [-0.05, 0) is 19.3 Å². The molecule has 1 aromatic heterocycles. The summed E-state index contributed by atoms with van der Waals surface area (Å²) in [6.45, 7) is 2.04. The minimum atomic E-state index is 0.124. The number of nitrogens with two attached hydrogens (primary N) is 1. The average Bonchev–Trinajstić information content (AvgIpc) is 2.69. The topological polar surface area (TPSA) is 52.0 Å². The molecule has 1 aliphatic rings. The molecule has 1 fully saturated rings. The van der Waals surface area contributed by atoms with Crippen molar-refractivity contribution in [3.63, 3.8) is 0 Å². The van der Waals surface area contributed by atoms with Crippen LogP contribution in [0, 0.1) is 0 Å². The molecule has 0 aromatic carbocycles. The van der Waals surface area contributed by atoms with Crippen LogP contribution in [0.4, 0.5) is 0 Å². The number of nitrogens with zero attached hydrogens (tertiary/aromatic N) is 1. The first-order valence-electron chi connectivity index (χ1n) is 4.94. The summed E-state index contributed by atoms with van der Waals surface area (Å²) in [7, 11) is 0. The van der Waals surface area contributed by atoms with Gasteiger partial charge < -0.3 is 10.2 Å². The van der Waals surface area contributed by atoms with E-state index in [4.69, 9.17) is 10.2 Å². The van der Waals surface area contributed by atoms with Crippen molar-refractivity contribution in [1.82, 2.24) is 4.98 Å². The quantitative estimate of drug-likeness (QED) is 0.766. The van der Waals surface area contributed by atoms with Crippen molar-refractivity contribution in [2.24, 2.45) is 5.73 Å². The highest BCUT2D eigenvalue weighted by molar-refractivity contribution is 5.03. The molecule has 0 unspecified atom stereocenters. The Balaban J connectivity index is 1.87. The highest BCUT2D eigenvalue weighted by Crippen LogP contribution is 2.36. The average molecular weight is 180 g/mol. The van der Waals surface area contributed by atoms with Gasteiger partial charge in [-0.1, -0.05) is 6.92 Å². The lowest BCUT2D eigenvalue weighted by atomic mass is 10.1. The monoisotopic (exact) mass is 180 g/mol. The normalized spacial score (nSPS) is 18.9. The van der Waals surface area contributed by atoms with Crippen molar-refractivity contribution < 1.29 is 4.42 Å². The van der Waals surface area contributed by atoms with E-state index in [1.54, 1.807) is 0 Å². The molecular weight excluding hydrogens is 164 g/mol. The van der Waals surface area contributed by atoms with Crippen LogP contribution in [-0.4, -0.2) is 10.5 Å². The summed E-state index contributed by atoms with van der Waals surface area (Å²) in [4.78, 5) is 4.15. The van der Waals surface area contributed by atoms with Crippen molar-refractivity contribution in [3.05, 3.63) is 17.8 Å². The molecule has 72 valence electrons. The van der Waals surface area contributed by atoms with Crippen LogP contribution in [0.3, 0.4) is 0 Å². The standard InChI is InChI=1S/C10H16N2O/c1-2-9-12-7-8(13-9)3-4-10(11)5-6-10/h7H,2-6,11H2,1H3. The summed E-state index contributed by atoms with van der Waals surface area (Å²) in [5, 5.41) is 0. The number of aryl methyl sites for hydroxylation is 2. The maximum Gasteiger partial charge on any atom is 0.194 e. The van der Waals surface area contributed by atoms with Crippen molar-refractivity contribution in [2.45, 2.75) is 44.6 Å². The maximum absolute atomic E-state index is 5.97. The Labute approximate surface area is 78.3 Å². The Bertz CT molecular complexity index is 289. The van der Waals surface area contributed by atoms with Gasteiger partial charge in [-0.15, -0.1) is 0 Å². The predicted molar refractivity (Wildman–Crippen MR) is 50.4 cm³/mol. The molecule has 2 rings (SSSR count). The molecule has 13 heavy (non-hydrogen) atoms. The van der Waals surface area contributed by atoms with E-state index in [-0.39, 0.29) is 5.54 Å². The molecule has 0 aliphatic heterocycles. The predicted octanol–water partition coefficient (Wildman–Crippen LogP) is 1.66. The van der Waals surface area contributed by atoms with E-state index in [0.717, 1.165) is 30.9 Å². The lowest BCUT2D eigenvalue weighted by molar-refractivity contribution is 0.443. The fraction of sp³-hybridized carbons (Fsp3) is 0.700. The van der Waals surface area contributed by atoms with E-state index in [1.807, 2.05) is 13.1 Å². The maximum atomic E-state index is 5.97. The zero-order valence-electron chi connectivity index (χ0n) is 8.05. The lowest BCUT2D eigenvalue weighted by Crippen LogP contribution is -2.21. The van der Waals surface area contributed by atoms with Gasteiger partial charge in [-0.3, -0.25) is 0 Å². The second-order valence-electron chi connectivity index (χ2n) is 3.94. The van der Waals surface area contributed by atoms with E-state index in [0.29, 0.717) is 0 Å². The van der Waals surface area contributed by atoms with Crippen LogP contribution in [0.5, 0.6) is 0 Å². The molecular formula is C10H16N2O. The fourth-order valence-corrected chi connectivity index (χ4v) is 1.41. The third-order valence-corrected chi connectivity index (χ3v) is 2.67. The van der Waals surface area contributed by atoms with Gasteiger partial charge in [0.05, 0.1) is 6.20 Å². The lowest BCUT2D eigenvalue weighted by Gasteiger charge is -2.04. The van der Waals surface area contributed by atoms with Crippen LogP contribution in [0.1, 0.15) is 37.8 Å². The third-order valence-electron chi connectivity index (χ3n) is 2.67. The molecule has 3 heteroatoms. The highest BCUT2D eigenvalue weighted by Gasteiger charge is 2.37. The summed E-state index contributed by atoms with van der Waals surface area (Å²) < 4.78 is 5.49. The first kappa shape index (κ1) is 8.75. The summed E-state index contributed by atoms with van der Waals surface area (Å²) in [5.74, 6) is 1.81. The van der Waals surface area contributed by atoms with Crippen LogP contribution in [-0.2, 0) is 12.8 Å². The van der Waals surface area contributed by atoms with Crippen LogP contribution < -0.4 is 5.73 Å². The zero-order chi connectivity index (χ0) is 9.31. The van der Waals surface area contributed by atoms with Crippen LogP contribution in [0.2, 0.25) is 0 Å². The number of rotatable bonds is 4. The van der Waals surface area contributed by atoms with Crippen molar-refractivity contribution in [1.29, 1.82) is 0 Å². The van der Waals surface area contributed by atoms with Gasteiger partial charge in [0.25, 0.3) is 0 Å². The van der Waals surface area contributed by atoms with Crippen LogP contribution >= 0.6 is 0 Å². The fourth-order valence-electron chi connectivity index (χ4n) is 1.41. The van der Waals surface area contributed by atoms with Gasteiger partial charge in [0.1, 0.15) is 5.76 Å². The summed E-state index contributed by atoms with van der Waals surface area (Å²) in [5.41, 5.74) is 6.10. The molecule has 2 N–H and O–H groups in total. The Morgan fingerprint density at radius 1 is 1.62 bits per heavy atom. The minimum absolute atomic E-state index is 0.124. The molecule has 0 spiro atoms. The minimum Gasteiger partial charge on any atom is -0.446 e. The van der Waals surface area contributed by atoms with E-state index >= 15 is 0 Å². The molecule has 1 aromatic rings. The second-order valence-corrected chi connectivity index (χ2v) is 3.94. The molecule has 0 radical (unpaired) electrons. The SMILES string of the molecule is CCc1ncc(CCC2(N)CC2)o1. The number of hydrogen-bond acceptors (Lipinski definition) is 3. The molecule has 1 aliphatic carbocycles. The van der Waals surface area contributed by atoms with E-state index < -0.39 is 0 Å². The second kappa shape index (κ2) is 3.14. The van der Waals surface area contributed by atoms with Crippen molar-refractivity contribution >= 4 is 0 Å². The summed E-state index contributed by atoms with van der Waals surface area (Å²) >= 11 is 0. The Morgan fingerprint density at radius 2 is 2.38 bits per heavy atom. The third kappa shape index (κ3) is 2.10. The van der Waals surface area contributed by atoms with Gasteiger partial charge in [0.15, 0.2) is 5.89 Å². The Hall–Kier alpha value is -0.830. The van der Waals surface area contributed by atoms with Crippen molar-refractivity contribution in [2.75, 3.05) is 0 Å². The van der Waals surface area contributed by atoms with Gasteiger partial charge in [-0.25, -0.2) is 4.98 Å². The highest BCUT2D eigenvalue weighted by atomic mass is 16.4. The van der Waals surface area contributed by atoms with E-state index in [9.17, 15) is 0 Å². The molecule has 1 heterocycles. The molecule has 0 atom stereocenters. The van der Waals surface area contributed by atoms with E-state index in [2.05, 4.69) is 4.98 Å². The van der Waals surface area contributed by atoms with Crippen molar-refractivity contribution in [3.8, 4) is 0 Å². The first-order valence-corrected chi connectivity index (χ1v) is 4.94. The number of aromatic nitrogens is 1. The van der Waals surface area contributed by atoms with Gasteiger partial charge in [0, 0.05) is 18.4 Å². The first-order chi connectivity index (χ1) is 6.22. The molecule has 3 nitrogen and oxygen atoms in total. The molecule has 0 amide bonds. The number of oxazole rings is 1. The number of hydrogen-bond donors (Lipinski definition) is 1. The largest absolute Gasteiger partial charge is 0.446 e. The van der Waals surface area contributed by atoms with Gasteiger partial charge >= 0.3 is 0 Å². The Morgan fingerprint density at radius 3 is 2.92 bits per heavy atom. The molecule has 0 bridgehead atoms. The summed E-state index contributed by atoms with van der Waals surface area (Å²) in [6.07, 6.45) is 7.00. The van der Waals surface area contributed by atoms with Gasteiger partial charge in [0.2, 0.25) is 0 Å². The van der Waals surface area contributed by atoms with E-state index in [1.165, 1.54) is 12.8 Å². The molecule has 1 saturated carbocycles. The Kier molecular flexibility index (Phi) is 2.12. The molecule has 0 saturated heterocycles. The zero-order valence-corrected chi connectivity index (χ0v) is 8.05.